The quantitative estimate of drug-likeness (QED) is 0.182. The number of fused-ring (bicyclic) bond motifs is 1. The lowest BCUT2D eigenvalue weighted by Crippen LogP contribution is -2.25. The third-order valence-corrected chi connectivity index (χ3v) is 6.44. The Labute approximate surface area is 209 Å². The van der Waals surface area contributed by atoms with Gasteiger partial charge in [-0.2, -0.15) is 0 Å². The van der Waals surface area contributed by atoms with Crippen LogP contribution in [0.5, 0.6) is 0 Å². The van der Waals surface area contributed by atoms with E-state index in [0.717, 1.165) is 32.5 Å². The third kappa shape index (κ3) is 6.82. The van der Waals surface area contributed by atoms with Crippen LogP contribution in [0.2, 0.25) is 0 Å². The fraction of sp³-hybridized carbons (Fsp3) is 0.467. The van der Waals surface area contributed by atoms with Gasteiger partial charge in [0.25, 0.3) is 0 Å². The van der Waals surface area contributed by atoms with Crippen LogP contribution < -0.4 is 0 Å². The number of carbonyl (C=O) groups excluding carboxylic acids is 2. The first kappa shape index (κ1) is 26.7. The minimum Gasteiger partial charge on any atom is -0.465 e. The number of carbonyl (C=O) groups is 2. The van der Waals surface area contributed by atoms with Gasteiger partial charge in [0.1, 0.15) is 11.3 Å². The number of ether oxygens (including phenoxy) is 1. The molecular weight excluding hydrogens is 438 g/mol. The summed E-state index contributed by atoms with van der Waals surface area (Å²) in [7, 11) is 1.35. The van der Waals surface area contributed by atoms with Gasteiger partial charge in [-0.05, 0) is 56.1 Å². The minimum atomic E-state index is -0.429. The van der Waals surface area contributed by atoms with E-state index in [1.807, 2.05) is 12.1 Å². The molecule has 0 aliphatic rings. The molecule has 0 unspecified atom stereocenters. The van der Waals surface area contributed by atoms with Crippen molar-refractivity contribution in [2.45, 2.75) is 72.3 Å². The molecule has 0 saturated heterocycles. The third-order valence-electron chi connectivity index (χ3n) is 6.44. The highest BCUT2D eigenvalue weighted by Gasteiger charge is 2.23. The fourth-order valence-electron chi connectivity index (χ4n) is 4.35. The molecule has 1 heterocycles. The van der Waals surface area contributed by atoms with Crippen molar-refractivity contribution < 1.29 is 18.7 Å². The predicted octanol–water partition coefficient (Wildman–Crippen LogP) is 7.20. The number of hydrogen-bond donors (Lipinski definition) is 0. The van der Waals surface area contributed by atoms with Gasteiger partial charge in [0.2, 0.25) is 0 Å². The van der Waals surface area contributed by atoms with Crippen molar-refractivity contribution in [3.63, 3.8) is 0 Å². The van der Waals surface area contributed by atoms with Crippen molar-refractivity contribution in [3.05, 3.63) is 70.5 Å². The zero-order valence-electron chi connectivity index (χ0n) is 21.7. The standard InChI is InChI=1S/C30H39NO4/c1-5-8-11-27-28(25-20-24(30(33)34-4)16-17-26(25)35-27)29(32)23-14-12-22(13-15-23)21-31(18-9-6-2)19-10-7-3/h12-17,20H,5-11,18-19,21H2,1-4H3. The van der Waals surface area contributed by atoms with Gasteiger partial charge in [-0.25, -0.2) is 4.79 Å². The highest BCUT2D eigenvalue weighted by Crippen LogP contribution is 2.31. The molecule has 0 N–H and O–H groups in total. The average molecular weight is 478 g/mol. The molecule has 0 bridgehead atoms. The van der Waals surface area contributed by atoms with Crippen molar-refractivity contribution >= 4 is 22.7 Å². The molecule has 3 aromatic rings. The zero-order valence-corrected chi connectivity index (χ0v) is 21.7. The molecule has 2 aromatic carbocycles. The zero-order chi connectivity index (χ0) is 25.2. The maximum Gasteiger partial charge on any atom is 0.337 e. The van der Waals surface area contributed by atoms with E-state index < -0.39 is 5.97 Å². The number of unbranched alkanes of at least 4 members (excludes halogenated alkanes) is 3. The molecule has 35 heavy (non-hydrogen) atoms. The molecule has 1 aromatic heterocycles. The lowest BCUT2D eigenvalue weighted by Gasteiger charge is -2.22. The Kier molecular flexibility index (Phi) is 10.1. The Bertz CT molecular complexity index is 1110. The van der Waals surface area contributed by atoms with Gasteiger partial charge in [0.05, 0.1) is 18.2 Å². The van der Waals surface area contributed by atoms with Crippen molar-refractivity contribution in [1.82, 2.24) is 4.90 Å². The molecule has 0 amide bonds. The van der Waals surface area contributed by atoms with Crippen LogP contribution in [0.25, 0.3) is 11.0 Å². The Morgan fingerprint density at radius 1 is 0.857 bits per heavy atom. The summed E-state index contributed by atoms with van der Waals surface area (Å²) in [5.74, 6) is 0.183. The number of aryl methyl sites for hydroxylation is 1. The van der Waals surface area contributed by atoms with Gasteiger partial charge in [-0.15, -0.1) is 0 Å². The molecule has 0 radical (unpaired) electrons. The summed E-state index contributed by atoms with van der Waals surface area (Å²) in [6.07, 6.45) is 7.37. The maximum atomic E-state index is 13.7. The Balaban J connectivity index is 1.89. The smallest absolute Gasteiger partial charge is 0.337 e. The summed E-state index contributed by atoms with van der Waals surface area (Å²) < 4.78 is 11.0. The Morgan fingerprint density at radius 2 is 1.49 bits per heavy atom. The number of hydrogen-bond acceptors (Lipinski definition) is 5. The molecule has 0 atom stereocenters. The van der Waals surface area contributed by atoms with Crippen molar-refractivity contribution in [2.24, 2.45) is 0 Å². The fourth-order valence-corrected chi connectivity index (χ4v) is 4.35. The van der Waals surface area contributed by atoms with Crippen molar-refractivity contribution in [2.75, 3.05) is 20.2 Å². The van der Waals surface area contributed by atoms with Gasteiger partial charge >= 0.3 is 5.97 Å². The van der Waals surface area contributed by atoms with E-state index in [9.17, 15) is 9.59 Å². The van der Waals surface area contributed by atoms with Crippen LogP contribution in [-0.2, 0) is 17.7 Å². The topological polar surface area (TPSA) is 59.8 Å². The van der Waals surface area contributed by atoms with E-state index in [-0.39, 0.29) is 5.78 Å². The van der Waals surface area contributed by atoms with Crippen LogP contribution in [0.15, 0.2) is 46.9 Å². The van der Waals surface area contributed by atoms with E-state index in [1.165, 1.54) is 38.4 Å². The molecular formula is C30H39NO4. The monoisotopic (exact) mass is 477 g/mol. The van der Waals surface area contributed by atoms with E-state index in [2.05, 4.69) is 37.8 Å². The molecule has 188 valence electrons. The van der Waals surface area contributed by atoms with Crippen LogP contribution >= 0.6 is 0 Å². The van der Waals surface area contributed by atoms with Crippen molar-refractivity contribution in [3.8, 4) is 0 Å². The summed E-state index contributed by atoms with van der Waals surface area (Å²) in [6, 6.07) is 13.1. The number of methoxy groups -OCH3 is 1. The highest BCUT2D eigenvalue weighted by atomic mass is 16.5. The van der Waals surface area contributed by atoms with Gasteiger partial charge in [-0.3, -0.25) is 9.69 Å². The first-order valence-corrected chi connectivity index (χ1v) is 13.0. The molecule has 0 saturated carbocycles. The lowest BCUT2D eigenvalue weighted by atomic mass is 9.96. The number of furan rings is 1. The number of ketones is 1. The molecule has 5 heteroatoms. The van der Waals surface area contributed by atoms with Crippen LogP contribution in [0.4, 0.5) is 0 Å². The largest absolute Gasteiger partial charge is 0.465 e. The lowest BCUT2D eigenvalue weighted by molar-refractivity contribution is 0.0600. The summed E-state index contributed by atoms with van der Waals surface area (Å²) in [6.45, 7) is 9.65. The summed E-state index contributed by atoms with van der Waals surface area (Å²) >= 11 is 0. The van der Waals surface area contributed by atoms with Gasteiger partial charge in [-0.1, -0.05) is 64.3 Å². The van der Waals surface area contributed by atoms with Crippen LogP contribution in [0, 0.1) is 0 Å². The second-order valence-electron chi connectivity index (χ2n) is 9.22. The first-order chi connectivity index (χ1) is 17.0. The van der Waals surface area contributed by atoms with Crippen LogP contribution in [-0.4, -0.2) is 36.9 Å². The van der Waals surface area contributed by atoms with Crippen molar-refractivity contribution in [1.29, 1.82) is 0 Å². The molecule has 0 fully saturated rings. The maximum absolute atomic E-state index is 13.7. The average Bonchev–Trinajstić information content (AvgIpc) is 3.25. The molecule has 5 nitrogen and oxygen atoms in total. The predicted molar refractivity (Wildman–Crippen MR) is 141 cm³/mol. The number of esters is 1. The minimum absolute atomic E-state index is 0.0720. The molecule has 3 rings (SSSR count). The second kappa shape index (κ2) is 13.2. The van der Waals surface area contributed by atoms with Gasteiger partial charge in [0, 0.05) is 23.9 Å². The van der Waals surface area contributed by atoms with E-state index in [1.54, 1.807) is 18.2 Å². The van der Waals surface area contributed by atoms with E-state index in [4.69, 9.17) is 9.15 Å². The Morgan fingerprint density at radius 3 is 2.09 bits per heavy atom. The molecule has 0 aliphatic carbocycles. The molecule has 0 aliphatic heterocycles. The van der Waals surface area contributed by atoms with Gasteiger partial charge < -0.3 is 9.15 Å². The van der Waals surface area contributed by atoms with E-state index in [0.29, 0.717) is 39.8 Å². The van der Waals surface area contributed by atoms with Crippen LogP contribution in [0.1, 0.15) is 96.9 Å². The van der Waals surface area contributed by atoms with Crippen LogP contribution in [0.3, 0.4) is 0 Å². The first-order valence-electron chi connectivity index (χ1n) is 13.0. The number of nitrogens with zero attached hydrogens (tertiary/aromatic N) is 1. The number of rotatable bonds is 14. The summed E-state index contributed by atoms with van der Waals surface area (Å²) in [5, 5.41) is 0.665. The Hall–Kier alpha value is -2.92. The highest BCUT2D eigenvalue weighted by molar-refractivity contribution is 6.17. The van der Waals surface area contributed by atoms with Gasteiger partial charge in [0.15, 0.2) is 5.78 Å². The summed E-state index contributed by atoms with van der Waals surface area (Å²) in [4.78, 5) is 28.3. The SMILES string of the molecule is CCCCc1oc2ccc(C(=O)OC)cc2c1C(=O)c1ccc(CN(CCCC)CCCC)cc1. The second-order valence-corrected chi connectivity index (χ2v) is 9.22. The summed E-state index contributed by atoms with van der Waals surface area (Å²) in [5.41, 5.74) is 3.42. The normalized spacial score (nSPS) is 11.3. The number of benzene rings is 2. The van der Waals surface area contributed by atoms with E-state index >= 15 is 0 Å². The molecule has 0 spiro atoms.